The zero-order chi connectivity index (χ0) is 6.12. The van der Waals surface area contributed by atoms with Gasteiger partial charge in [-0.3, -0.25) is 0 Å². The fourth-order valence-electron chi connectivity index (χ4n) is 0. The van der Waals surface area contributed by atoms with Crippen LogP contribution in [-0.2, 0) is 15.1 Å². The summed E-state index contributed by atoms with van der Waals surface area (Å²) in [6.45, 7) is 3.12. The standard InChI is InChI=1S/C3H3N.2ClH.Zn/c1-2-3-4;;;/h2H,1H2;2*1H;/q;;;+2/p-2. The van der Waals surface area contributed by atoms with E-state index in [1.807, 2.05) is 0 Å². The van der Waals surface area contributed by atoms with E-state index in [-0.39, 0.29) is 0 Å². The number of hydrogen-bond donors (Lipinski definition) is 0. The first-order chi connectivity index (χ1) is 3.33. The van der Waals surface area contributed by atoms with Gasteiger partial charge in [0.2, 0.25) is 0 Å². The van der Waals surface area contributed by atoms with Crippen LogP contribution in [0.4, 0.5) is 0 Å². The van der Waals surface area contributed by atoms with Crippen LogP contribution in [0.25, 0.3) is 0 Å². The van der Waals surface area contributed by atoms with Crippen molar-refractivity contribution in [2.24, 2.45) is 0 Å². The van der Waals surface area contributed by atoms with Crippen LogP contribution in [0.2, 0.25) is 0 Å². The first-order valence-corrected chi connectivity index (χ1v) is 9.25. The molecule has 0 fully saturated rings. The number of allylic oxidation sites excluding steroid dienone is 1. The van der Waals surface area contributed by atoms with Gasteiger partial charge in [0.25, 0.3) is 0 Å². The number of halogens is 2. The topological polar surface area (TPSA) is 23.8 Å². The molecule has 0 radical (unpaired) electrons. The zero-order valence-electron chi connectivity index (χ0n) is 3.69. The predicted molar refractivity (Wildman–Crippen MR) is 27.5 cm³/mol. The molecule has 0 aliphatic carbocycles. The van der Waals surface area contributed by atoms with Gasteiger partial charge in [0.1, 0.15) is 0 Å². The number of hydrogen-bond acceptors (Lipinski definition) is 1. The summed E-state index contributed by atoms with van der Waals surface area (Å²) >= 11 is -0.931. The van der Waals surface area contributed by atoms with Crippen LogP contribution in [0, 0.1) is 11.3 Å². The third kappa shape index (κ3) is 61.5. The fraction of sp³-hybridized carbons (Fsp3) is 0. The molecule has 0 aromatic rings. The molecule has 0 unspecified atom stereocenters. The van der Waals surface area contributed by atoms with Crippen molar-refractivity contribution >= 4 is 19.4 Å². The van der Waals surface area contributed by atoms with Gasteiger partial charge in [-0.25, -0.2) is 0 Å². The molecule has 0 aliphatic heterocycles. The van der Waals surface area contributed by atoms with Crippen LogP contribution in [0.3, 0.4) is 0 Å². The summed E-state index contributed by atoms with van der Waals surface area (Å²) in [6, 6.07) is 1.69. The summed E-state index contributed by atoms with van der Waals surface area (Å²) < 4.78 is 0. The third-order valence-corrected chi connectivity index (χ3v) is 0.0913. The van der Waals surface area contributed by atoms with Crippen molar-refractivity contribution in [2.75, 3.05) is 0 Å². The monoisotopic (exact) mass is 187 g/mol. The van der Waals surface area contributed by atoms with Crippen molar-refractivity contribution < 1.29 is 15.1 Å². The first-order valence-electron chi connectivity index (χ1n) is 1.46. The molecular formula is C3H3Cl2NZn. The van der Waals surface area contributed by atoms with E-state index >= 15 is 0 Å². The summed E-state index contributed by atoms with van der Waals surface area (Å²) in [6.07, 6.45) is 1.18. The minimum atomic E-state index is -0.931. The maximum atomic E-state index is 7.51. The Morgan fingerprint density at radius 2 is 1.86 bits per heavy atom. The van der Waals surface area contributed by atoms with Gasteiger partial charge in [0.05, 0.1) is 6.07 Å². The van der Waals surface area contributed by atoms with Gasteiger partial charge >= 0.3 is 34.5 Å². The van der Waals surface area contributed by atoms with Crippen molar-refractivity contribution in [1.82, 2.24) is 0 Å². The van der Waals surface area contributed by atoms with Gasteiger partial charge in [-0.05, 0) is 0 Å². The van der Waals surface area contributed by atoms with Crippen molar-refractivity contribution in [3.05, 3.63) is 12.7 Å². The van der Waals surface area contributed by atoms with E-state index in [9.17, 15) is 0 Å². The molecule has 0 bridgehead atoms. The molecule has 0 saturated carbocycles. The van der Waals surface area contributed by atoms with Crippen molar-refractivity contribution in [3.63, 3.8) is 0 Å². The normalized spacial score (nSPS) is 3.57. The number of rotatable bonds is 0. The summed E-state index contributed by atoms with van der Waals surface area (Å²) in [7, 11) is 9.90. The van der Waals surface area contributed by atoms with E-state index in [1.54, 1.807) is 6.07 Å². The second-order valence-corrected chi connectivity index (χ2v) is 5.06. The Morgan fingerprint density at radius 3 is 1.86 bits per heavy atom. The van der Waals surface area contributed by atoms with Crippen LogP contribution >= 0.6 is 19.4 Å². The summed E-state index contributed by atoms with van der Waals surface area (Å²) in [5.74, 6) is 0. The molecule has 36 valence electrons. The van der Waals surface area contributed by atoms with Crippen LogP contribution in [0.5, 0.6) is 0 Å². The number of nitriles is 1. The van der Waals surface area contributed by atoms with E-state index in [2.05, 4.69) is 6.58 Å². The Labute approximate surface area is 58.6 Å². The van der Waals surface area contributed by atoms with Crippen LogP contribution < -0.4 is 0 Å². The molecule has 0 aliphatic rings. The first kappa shape index (κ1) is 10.4. The molecule has 0 atom stereocenters. The fourth-order valence-corrected chi connectivity index (χ4v) is 0. The van der Waals surface area contributed by atoms with E-state index < -0.39 is 15.1 Å². The van der Waals surface area contributed by atoms with Gasteiger partial charge in [-0.1, -0.05) is 6.58 Å². The molecule has 0 aromatic carbocycles. The molecule has 0 aromatic heterocycles. The Balaban J connectivity index is 0. The average molecular weight is 189 g/mol. The molecule has 0 amide bonds. The van der Waals surface area contributed by atoms with E-state index in [4.69, 9.17) is 24.6 Å². The Hall–Kier alpha value is 0.433. The average Bonchev–Trinajstić information content (AvgIpc) is 1.69. The zero-order valence-corrected chi connectivity index (χ0v) is 8.17. The third-order valence-electron chi connectivity index (χ3n) is 0.0913. The van der Waals surface area contributed by atoms with Gasteiger partial charge in [-0.2, -0.15) is 5.26 Å². The second kappa shape index (κ2) is 16.1. The van der Waals surface area contributed by atoms with Gasteiger partial charge < -0.3 is 0 Å². The van der Waals surface area contributed by atoms with Crippen LogP contribution in [0.15, 0.2) is 12.7 Å². The maximum absolute atomic E-state index is 7.51. The molecular weight excluding hydrogens is 186 g/mol. The van der Waals surface area contributed by atoms with E-state index in [0.717, 1.165) is 0 Å². The molecule has 7 heavy (non-hydrogen) atoms. The van der Waals surface area contributed by atoms with Crippen molar-refractivity contribution in [1.29, 1.82) is 5.26 Å². The van der Waals surface area contributed by atoms with Crippen LogP contribution in [0.1, 0.15) is 0 Å². The van der Waals surface area contributed by atoms with Gasteiger partial charge in [0.15, 0.2) is 0 Å². The SMILES string of the molecule is C=CC#N.[Cl][Zn][Cl]. The Morgan fingerprint density at radius 1 is 1.71 bits per heavy atom. The quantitative estimate of drug-likeness (QED) is 0.423. The van der Waals surface area contributed by atoms with Gasteiger partial charge in [-0.15, -0.1) is 0 Å². The molecule has 1 nitrogen and oxygen atoms in total. The Bertz CT molecular complexity index is 67.8. The summed E-state index contributed by atoms with van der Waals surface area (Å²) in [5.41, 5.74) is 0. The molecule has 0 heterocycles. The number of nitrogens with zero attached hydrogens (tertiary/aromatic N) is 1. The second-order valence-electron chi connectivity index (χ2n) is 0.434. The summed E-state index contributed by atoms with van der Waals surface area (Å²) in [4.78, 5) is 0. The Kier molecular flexibility index (Phi) is 24.0. The van der Waals surface area contributed by atoms with E-state index in [0.29, 0.717) is 0 Å². The molecule has 0 N–H and O–H groups in total. The van der Waals surface area contributed by atoms with Gasteiger partial charge in [0, 0.05) is 6.08 Å². The molecule has 0 rings (SSSR count). The predicted octanol–water partition coefficient (Wildman–Crippen LogP) is 2.07. The molecule has 0 spiro atoms. The van der Waals surface area contributed by atoms with E-state index in [1.165, 1.54) is 6.08 Å². The van der Waals surface area contributed by atoms with Crippen LogP contribution in [-0.4, -0.2) is 0 Å². The van der Waals surface area contributed by atoms with Crippen molar-refractivity contribution in [2.45, 2.75) is 0 Å². The summed E-state index contributed by atoms with van der Waals surface area (Å²) in [5, 5.41) is 7.51. The minimum absolute atomic E-state index is 0.931. The molecule has 4 heteroatoms. The van der Waals surface area contributed by atoms with Crippen molar-refractivity contribution in [3.8, 4) is 6.07 Å². The molecule has 0 saturated heterocycles.